The minimum atomic E-state index is -3.65. The summed E-state index contributed by atoms with van der Waals surface area (Å²) in [4.78, 5) is 17.9. The molecule has 2 saturated heterocycles. The number of carbonyl (C=O) groups excluding carboxylic acids is 1. The molecule has 2 aliphatic rings. The van der Waals surface area contributed by atoms with Gasteiger partial charge in [0.15, 0.2) is 0 Å². The first kappa shape index (κ1) is 23.0. The summed E-state index contributed by atoms with van der Waals surface area (Å²) < 4.78 is 27.7. The molecular weight excluding hydrogens is 422 g/mol. The van der Waals surface area contributed by atoms with Gasteiger partial charge in [0.25, 0.3) is 0 Å². The van der Waals surface area contributed by atoms with Crippen LogP contribution in [0.4, 0.5) is 0 Å². The summed E-state index contributed by atoms with van der Waals surface area (Å²) in [5.41, 5.74) is 1.36. The second kappa shape index (κ2) is 10.6. The van der Waals surface area contributed by atoms with Crippen molar-refractivity contribution in [3.63, 3.8) is 0 Å². The van der Waals surface area contributed by atoms with Crippen molar-refractivity contribution >= 4 is 15.9 Å². The number of rotatable bonds is 7. The molecule has 1 atom stereocenters. The Labute approximate surface area is 191 Å². The fourth-order valence-corrected chi connectivity index (χ4v) is 6.45. The standard InChI is InChI=1S/C25H33N3O3S/c29-25(24-15-8-19-28(24)32(30,31)23-13-5-2-6-14-23)27-18-9-17-26(20-21-27)16-7-12-22-10-3-1-4-11-22/h1-6,10-11,13-14,24H,7-9,12,15-21H2. The second-order valence-corrected chi connectivity index (χ2v) is 10.6. The van der Waals surface area contributed by atoms with Gasteiger partial charge in [-0.3, -0.25) is 4.79 Å². The maximum Gasteiger partial charge on any atom is 0.243 e. The molecule has 0 spiro atoms. The van der Waals surface area contributed by atoms with Crippen LogP contribution in [0.25, 0.3) is 0 Å². The molecule has 0 radical (unpaired) electrons. The van der Waals surface area contributed by atoms with Crippen molar-refractivity contribution in [3.8, 4) is 0 Å². The van der Waals surface area contributed by atoms with Crippen LogP contribution in [0, 0.1) is 0 Å². The van der Waals surface area contributed by atoms with Gasteiger partial charge in [-0.15, -0.1) is 0 Å². The van der Waals surface area contributed by atoms with Crippen LogP contribution >= 0.6 is 0 Å². The van der Waals surface area contributed by atoms with Crippen LogP contribution in [0.1, 0.15) is 31.2 Å². The molecule has 2 aromatic rings. The highest BCUT2D eigenvalue weighted by Gasteiger charge is 2.41. The van der Waals surface area contributed by atoms with Gasteiger partial charge in [-0.25, -0.2) is 8.42 Å². The maximum atomic E-state index is 13.3. The van der Waals surface area contributed by atoms with Crippen LogP contribution in [0.5, 0.6) is 0 Å². The minimum absolute atomic E-state index is 0.0341. The lowest BCUT2D eigenvalue weighted by atomic mass is 10.1. The van der Waals surface area contributed by atoms with E-state index in [-0.39, 0.29) is 10.8 Å². The number of aryl methyl sites for hydroxylation is 1. The largest absolute Gasteiger partial charge is 0.340 e. The zero-order valence-electron chi connectivity index (χ0n) is 18.6. The van der Waals surface area contributed by atoms with E-state index in [1.54, 1.807) is 30.3 Å². The summed E-state index contributed by atoms with van der Waals surface area (Å²) in [6.07, 6.45) is 4.41. The van der Waals surface area contributed by atoms with Crippen LogP contribution in [0.3, 0.4) is 0 Å². The summed E-state index contributed by atoms with van der Waals surface area (Å²) in [6.45, 7) is 4.62. The topological polar surface area (TPSA) is 60.9 Å². The molecule has 0 aliphatic carbocycles. The van der Waals surface area contributed by atoms with Crippen LogP contribution < -0.4 is 0 Å². The zero-order valence-corrected chi connectivity index (χ0v) is 19.4. The lowest BCUT2D eigenvalue weighted by Gasteiger charge is -2.29. The molecule has 4 rings (SSSR count). The van der Waals surface area contributed by atoms with Gasteiger partial charge in [-0.2, -0.15) is 4.31 Å². The first-order valence-corrected chi connectivity index (χ1v) is 13.1. The SMILES string of the molecule is O=C(C1CCCN1S(=O)(=O)c1ccccc1)N1CCCN(CCCc2ccccc2)CC1. The van der Waals surface area contributed by atoms with Gasteiger partial charge < -0.3 is 9.80 Å². The smallest absolute Gasteiger partial charge is 0.243 e. The molecule has 2 aliphatic heterocycles. The quantitative estimate of drug-likeness (QED) is 0.644. The fraction of sp³-hybridized carbons (Fsp3) is 0.480. The molecule has 0 aromatic heterocycles. The number of nitrogens with zero attached hydrogens (tertiary/aromatic N) is 3. The molecule has 172 valence electrons. The minimum Gasteiger partial charge on any atom is -0.340 e. The van der Waals surface area contributed by atoms with Gasteiger partial charge in [0.1, 0.15) is 6.04 Å². The third kappa shape index (κ3) is 5.39. The Morgan fingerprint density at radius 2 is 1.56 bits per heavy atom. The molecule has 0 saturated carbocycles. The number of hydrogen-bond acceptors (Lipinski definition) is 4. The van der Waals surface area contributed by atoms with Crippen molar-refractivity contribution in [2.75, 3.05) is 39.3 Å². The highest BCUT2D eigenvalue weighted by Crippen LogP contribution is 2.27. The highest BCUT2D eigenvalue weighted by atomic mass is 32.2. The summed E-state index contributed by atoms with van der Waals surface area (Å²) in [5.74, 6) is -0.0341. The third-order valence-electron chi connectivity index (χ3n) is 6.52. The Hall–Kier alpha value is -2.22. The summed E-state index contributed by atoms with van der Waals surface area (Å²) >= 11 is 0. The lowest BCUT2D eigenvalue weighted by Crippen LogP contribution is -2.48. The first-order valence-electron chi connectivity index (χ1n) is 11.7. The van der Waals surface area contributed by atoms with Crippen molar-refractivity contribution in [1.29, 1.82) is 0 Å². The number of carbonyl (C=O) groups is 1. The van der Waals surface area contributed by atoms with E-state index >= 15 is 0 Å². The molecule has 0 N–H and O–H groups in total. The van der Waals surface area contributed by atoms with E-state index in [0.29, 0.717) is 26.1 Å². The Kier molecular flexibility index (Phi) is 7.60. The van der Waals surface area contributed by atoms with E-state index in [2.05, 4.69) is 29.2 Å². The van der Waals surface area contributed by atoms with E-state index < -0.39 is 16.1 Å². The predicted molar refractivity (Wildman–Crippen MR) is 126 cm³/mol. The normalized spacial score (nSPS) is 20.9. The molecule has 0 bridgehead atoms. The lowest BCUT2D eigenvalue weighted by molar-refractivity contribution is -0.134. The molecular formula is C25H33N3O3S. The van der Waals surface area contributed by atoms with E-state index in [9.17, 15) is 13.2 Å². The van der Waals surface area contributed by atoms with Gasteiger partial charge in [0, 0.05) is 26.2 Å². The first-order chi connectivity index (χ1) is 15.6. The molecule has 32 heavy (non-hydrogen) atoms. The third-order valence-corrected chi connectivity index (χ3v) is 8.44. The summed E-state index contributed by atoms with van der Waals surface area (Å²) in [6, 6.07) is 18.4. The van der Waals surface area contributed by atoms with Gasteiger partial charge in [-0.05, 0) is 62.9 Å². The molecule has 6 nitrogen and oxygen atoms in total. The average molecular weight is 456 g/mol. The van der Waals surface area contributed by atoms with Gasteiger partial charge in [0.05, 0.1) is 4.90 Å². The average Bonchev–Trinajstić information content (AvgIpc) is 3.21. The van der Waals surface area contributed by atoms with Crippen LogP contribution in [0.2, 0.25) is 0 Å². The Morgan fingerprint density at radius 1 is 0.844 bits per heavy atom. The van der Waals surface area contributed by atoms with Crippen LogP contribution in [-0.2, 0) is 21.2 Å². The van der Waals surface area contributed by atoms with E-state index in [1.807, 2.05) is 11.0 Å². The van der Waals surface area contributed by atoms with E-state index in [4.69, 9.17) is 0 Å². The Morgan fingerprint density at radius 3 is 2.31 bits per heavy atom. The molecule has 2 aromatic carbocycles. The van der Waals surface area contributed by atoms with Gasteiger partial charge >= 0.3 is 0 Å². The summed E-state index contributed by atoms with van der Waals surface area (Å²) in [5, 5.41) is 0. The van der Waals surface area contributed by atoms with Crippen molar-refractivity contribution in [3.05, 3.63) is 66.2 Å². The summed E-state index contributed by atoms with van der Waals surface area (Å²) in [7, 11) is -3.65. The molecule has 2 fully saturated rings. The molecule has 1 amide bonds. The predicted octanol–water partition coefficient (Wildman–Crippen LogP) is 3.01. The number of sulfonamides is 1. The fourth-order valence-electron chi connectivity index (χ4n) is 4.78. The molecule has 7 heteroatoms. The maximum absolute atomic E-state index is 13.3. The van der Waals surface area contributed by atoms with Gasteiger partial charge in [-0.1, -0.05) is 48.5 Å². The zero-order chi connectivity index (χ0) is 22.4. The highest BCUT2D eigenvalue weighted by molar-refractivity contribution is 7.89. The monoisotopic (exact) mass is 455 g/mol. The van der Waals surface area contributed by atoms with Crippen molar-refractivity contribution in [1.82, 2.24) is 14.1 Å². The Bertz CT molecular complexity index is 982. The molecule has 2 heterocycles. The number of amides is 1. The van der Waals surface area contributed by atoms with Crippen molar-refractivity contribution in [2.24, 2.45) is 0 Å². The molecule has 1 unspecified atom stereocenters. The van der Waals surface area contributed by atoms with Crippen LogP contribution in [0.15, 0.2) is 65.6 Å². The Balaban J connectivity index is 1.33. The van der Waals surface area contributed by atoms with Crippen LogP contribution in [-0.4, -0.2) is 73.7 Å². The van der Waals surface area contributed by atoms with Crippen molar-refractivity contribution < 1.29 is 13.2 Å². The van der Waals surface area contributed by atoms with Gasteiger partial charge in [0.2, 0.25) is 15.9 Å². The number of benzene rings is 2. The van der Waals surface area contributed by atoms with Crippen molar-refractivity contribution in [2.45, 2.75) is 43.0 Å². The van der Waals surface area contributed by atoms with E-state index in [0.717, 1.165) is 45.3 Å². The second-order valence-electron chi connectivity index (χ2n) is 8.70. The van der Waals surface area contributed by atoms with E-state index in [1.165, 1.54) is 9.87 Å². The number of hydrogen-bond donors (Lipinski definition) is 0.